The summed E-state index contributed by atoms with van der Waals surface area (Å²) in [7, 11) is 3.37. The average Bonchev–Trinajstić information content (AvgIpc) is 2.69. The Kier molecular flexibility index (Phi) is 3.57. The van der Waals surface area contributed by atoms with Gasteiger partial charge in [0.05, 0.1) is 14.2 Å². The summed E-state index contributed by atoms with van der Waals surface area (Å²) in [6.07, 6.45) is 2.25. The Morgan fingerprint density at radius 1 is 1.06 bits per heavy atom. The van der Waals surface area contributed by atoms with Gasteiger partial charge in [-0.3, -0.25) is 0 Å². The Hall–Kier alpha value is -1.22. The number of benzene rings is 1. The zero-order valence-electron chi connectivity index (χ0n) is 10.8. The van der Waals surface area contributed by atoms with Crippen molar-refractivity contribution >= 4 is 0 Å². The molecule has 17 heavy (non-hydrogen) atoms. The van der Waals surface area contributed by atoms with Gasteiger partial charge in [0.25, 0.3) is 0 Å². The Bertz CT molecular complexity index is 370. The number of ether oxygens (including phenoxy) is 2. The molecule has 2 rings (SSSR count). The van der Waals surface area contributed by atoms with Crippen molar-refractivity contribution in [2.45, 2.75) is 31.7 Å². The zero-order chi connectivity index (χ0) is 12.4. The molecule has 1 aliphatic rings. The van der Waals surface area contributed by atoms with E-state index in [-0.39, 0.29) is 0 Å². The highest BCUT2D eigenvalue weighted by Crippen LogP contribution is 2.40. The minimum absolute atomic E-state index is 0.317. The van der Waals surface area contributed by atoms with Gasteiger partial charge in [0, 0.05) is 12.1 Å². The summed E-state index contributed by atoms with van der Waals surface area (Å²) in [6, 6.07) is 6.42. The van der Waals surface area contributed by atoms with E-state index in [4.69, 9.17) is 15.2 Å². The van der Waals surface area contributed by atoms with Crippen LogP contribution in [0.4, 0.5) is 0 Å². The van der Waals surface area contributed by atoms with E-state index in [0.29, 0.717) is 17.9 Å². The van der Waals surface area contributed by atoms with E-state index in [1.165, 1.54) is 5.56 Å². The SMILES string of the molecule is COc1cc(OC)cc(C2CCC(N)C2C)c1. The number of hydrogen-bond acceptors (Lipinski definition) is 3. The van der Waals surface area contributed by atoms with Crippen LogP contribution in [0.1, 0.15) is 31.2 Å². The lowest BCUT2D eigenvalue weighted by atomic mass is 9.89. The standard InChI is InChI=1S/C14H21NO2/c1-9-13(4-5-14(9)15)10-6-11(16-2)8-12(7-10)17-3/h6-9,13-14H,4-5,15H2,1-3H3. The van der Waals surface area contributed by atoms with Crippen LogP contribution in [-0.4, -0.2) is 20.3 Å². The molecule has 3 unspecified atom stereocenters. The smallest absolute Gasteiger partial charge is 0.122 e. The molecule has 0 aromatic heterocycles. The molecule has 1 fully saturated rings. The second kappa shape index (κ2) is 4.96. The van der Waals surface area contributed by atoms with E-state index in [1.54, 1.807) is 14.2 Å². The topological polar surface area (TPSA) is 44.5 Å². The number of methoxy groups -OCH3 is 2. The molecule has 2 N–H and O–H groups in total. The van der Waals surface area contributed by atoms with Crippen LogP contribution in [0, 0.1) is 5.92 Å². The van der Waals surface area contributed by atoms with E-state index >= 15 is 0 Å². The minimum atomic E-state index is 0.317. The van der Waals surface area contributed by atoms with Crippen LogP contribution in [0.15, 0.2) is 18.2 Å². The quantitative estimate of drug-likeness (QED) is 0.875. The normalized spacial score (nSPS) is 28.1. The second-order valence-electron chi connectivity index (χ2n) is 4.85. The van der Waals surface area contributed by atoms with Crippen LogP contribution in [0.3, 0.4) is 0 Å². The van der Waals surface area contributed by atoms with Crippen LogP contribution in [0.5, 0.6) is 11.5 Å². The number of hydrogen-bond donors (Lipinski definition) is 1. The van der Waals surface area contributed by atoms with Gasteiger partial charge in [0.2, 0.25) is 0 Å². The highest BCUT2D eigenvalue weighted by atomic mass is 16.5. The van der Waals surface area contributed by atoms with Gasteiger partial charge < -0.3 is 15.2 Å². The molecule has 0 aliphatic heterocycles. The predicted octanol–water partition coefficient (Wildman–Crippen LogP) is 2.54. The maximum atomic E-state index is 6.08. The summed E-state index contributed by atoms with van der Waals surface area (Å²) in [6.45, 7) is 2.23. The molecule has 1 aromatic rings. The summed E-state index contributed by atoms with van der Waals surface area (Å²) < 4.78 is 10.6. The Labute approximate surface area is 103 Å². The molecule has 1 saturated carbocycles. The van der Waals surface area contributed by atoms with Gasteiger partial charge in [0.1, 0.15) is 11.5 Å². The molecule has 94 valence electrons. The highest BCUT2D eigenvalue weighted by molar-refractivity contribution is 5.40. The fraction of sp³-hybridized carbons (Fsp3) is 0.571. The first-order valence-corrected chi connectivity index (χ1v) is 6.14. The summed E-state index contributed by atoms with van der Waals surface area (Å²) in [5.74, 6) is 2.75. The largest absolute Gasteiger partial charge is 0.497 e. The molecule has 0 heterocycles. The van der Waals surface area contributed by atoms with Crippen LogP contribution >= 0.6 is 0 Å². The number of nitrogens with two attached hydrogens (primary N) is 1. The molecule has 0 spiro atoms. The first-order valence-electron chi connectivity index (χ1n) is 6.14. The molecule has 3 heteroatoms. The monoisotopic (exact) mass is 235 g/mol. The fourth-order valence-corrected chi connectivity index (χ4v) is 2.71. The zero-order valence-corrected chi connectivity index (χ0v) is 10.8. The molecule has 1 aliphatic carbocycles. The average molecular weight is 235 g/mol. The third kappa shape index (κ3) is 2.39. The number of rotatable bonds is 3. The second-order valence-corrected chi connectivity index (χ2v) is 4.85. The van der Waals surface area contributed by atoms with Gasteiger partial charge in [-0.05, 0) is 42.4 Å². The molecule has 0 radical (unpaired) electrons. The van der Waals surface area contributed by atoms with Crippen molar-refractivity contribution in [3.05, 3.63) is 23.8 Å². The first kappa shape index (κ1) is 12.2. The van der Waals surface area contributed by atoms with Gasteiger partial charge >= 0.3 is 0 Å². The third-order valence-corrected chi connectivity index (χ3v) is 3.92. The summed E-state index contributed by atoms with van der Waals surface area (Å²) >= 11 is 0. The maximum absolute atomic E-state index is 6.08. The van der Waals surface area contributed by atoms with E-state index in [0.717, 1.165) is 24.3 Å². The molecule has 3 nitrogen and oxygen atoms in total. The van der Waals surface area contributed by atoms with Gasteiger partial charge in [0.15, 0.2) is 0 Å². The maximum Gasteiger partial charge on any atom is 0.122 e. The van der Waals surface area contributed by atoms with Crippen molar-refractivity contribution in [1.82, 2.24) is 0 Å². The van der Waals surface area contributed by atoms with Crippen molar-refractivity contribution in [2.24, 2.45) is 11.7 Å². The summed E-state index contributed by atoms with van der Waals surface area (Å²) in [4.78, 5) is 0. The van der Waals surface area contributed by atoms with Crippen molar-refractivity contribution < 1.29 is 9.47 Å². The van der Waals surface area contributed by atoms with Crippen LogP contribution in [0.2, 0.25) is 0 Å². The fourth-order valence-electron chi connectivity index (χ4n) is 2.71. The van der Waals surface area contributed by atoms with Crippen LogP contribution in [0.25, 0.3) is 0 Å². The Morgan fingerprint density at radius 3 is 2.06 bits per heavy atom. The predicted molar refractivity (Wildman–Crippen MR) is 68.7 cm³/mol. The van der Waals surface area contributed by atoms with Crippen molar-refractivity contribution in [3.63, 3.8) is 0 Å². The van der Waals surface area contributed by atoms with Crippen molar-refractivity contribution in [2.75, 3.05) is 14.2 Å². The molecule has 0 bridgehead atoms. The first-order chi connectivity index (χ1) is 8.15. The molecule has 1 aromatic carbocycles. The lowest BCUT2D eigenvalue weighted by Gasteiger charge is -2.19. The lowest BCUT2D eigenvalue weighted by Crippen LogP contribution is -2.24. The van der Waals surface area contributed by atoms with Crippen molar-refractivity contribution in [1.29, 1.82) is 0 Å². The van der Waals surface area contributed by atoms with Gasteiger partial charge in [-0.15, -0.1) is 0 Å². The summed E-state index contributed by atoms with van der Waals surface area (Å²) in [5, 5.41) is 0. The third-order valence-electron chi connectivity index (χ3n) is 3.92. The van der Waals surface area contributed by atoms with E-state index in [1.807, 2.05) is 6.07 Å². The van der Waals surface area contributed by atoms with Gasteiger partial charge in [-0.1, -0.05) is 6.92 Å². The Morgan fingerprint density at radius 2 is 1.65 bits per heavy atom. The highest BCUT2D eigenvalue weighted by Gasteiger charge is 2.31. The molecule has 0 saturated heterocycles. The molecular weight excluding hydrogens is 214 g/mol. The van der Waals surface area contributed by atoms with Gasteiger partial charge in [-0.2, -0.15) is 0 Å². The minimum Gasteiger partial charge on any atom is -0.497 e. The van der Waals surface area contributed by atoms with Crippen molar-refractivity contribution in [3.8, 4) is 11.5 Å². The van der Waals surface area contributed by atoms with Crippen LogP contribution < -0.4 is 15.2 Å². The van der Waals surface area contributed by atoms with E-state index < -0.39 is 0 Å². The van der Waals surface area contributed by atoms with E-state index in [2.05, 4.69) is 19.1 Å². The van der Waals surface area contributed by atoms with E-state index in [9.17, 15) is 0 Å². The van der Waals surface area contributed by atoms with Gasteiger partial charge in [-0.25, -0.2) is 0 Å². The molecular formula is C14H21NO2. The Balaban J connectivity index is 2.31. The van der Waals surface area contributed by atoms with Crippen LogP contribution in [-0.2, 0) is 0 Å². The summed E-state index contributed by atoms with van der Waals surface area (Å²) in [5.41, 5.74) is 7.36. The molecule has 3 atom stereocenters. The molecule has 0 amide bonds. The lowest BCUT2D eigenvalue weighted by molar-refractivity contribution is 0.390.